The van der Waals surface area contributed by atoms with Gasteiger partial charge in [-0.25, -0.2) is 4.98 Å². The number of aryl methyl sites for hydroxylation is 3. The first kappa shape index (κ1) is 22.8. The van der Waals surface area contributed by atoms with Gasteiger partial charge in [0.2, 0.25) is 0 Å². The first-order valence-electron chi connectivity index (χ1n) is 11.1. The second kappa shape index (κ2) is 12.1. The number of hydrogen-bond donors (Lipinski definition) is 2. The molecule has 1 saturated heterocycles. The number of aromatic nitrogens is 2. The van der Waals surface area contributed by atoms with Gasteiger partial charge in [-0.2, -0.15) is 0 Å². The summed E-state index contributed by atoms with van der Waals surface area (Å²) in [5, 5.41) is 6.90. The van der Waals surface area contributed by atoms with Crippen LogP contribution in [0.2, 0.25) is 0 Å². The van der Waals surface area contributed by atoms with Crippen molar-refractivity contribution in [1.82, 2.24) is 25.1 Å². The van der Waals surface area contributed by atoms with Crippen LogP contribution in [0.25, 0.3) is 0 Å². The van der Waals surface area contributed by atoms with E-state index in [9.17, 15) is 0 Å². The summed E-state index contributed by atoms with van der Waals surface area (Å²) in [5.41, 5.74) is 0. The minimum atomic E-state index is 0.312. The van der Waals surface area contributed by atoms with E-state index in [1.165, 1.54) is 9.75 Å². The minimum absolute atomic E-state index is 0.312. The molecule has 0 saturated carbocycles. The molecule has 2 N–H and O–H groups in total. The van der Waals surface area contributed by atoms with Crippen LogP contribution in [0.3, 0.4) is 0 Å². The van der Waals surface area contributed by atoms with Crippen molar-refractivity contribution in [1.29, 1.82) is 0 Å². The number of thiophene rings is 1. The highest BCUT2D eigenvalue weighted by molar-refractivity contribution is 7.12. The smallest absolute Gasteiger partial charge is 0.191 e. The normalized spacial score (nSPS) is 16.6. The Labute approximate surface area is 184 Å². The summed E-state index contributed by atoms with van der Waals surface area (Å²) in [5.74, 6) is 1.98. The van der Waals surface area contributed by atoms with Gasteiger partial charge >= 0.3 is 0 Å². The lowest BCUT2D eigenvalue weighted by Crippen LogP contribution is -2.41. The Hall–Kier alpha value is -1.90. The molecule has 0 amide bonds. The Morgan fingerprint density at radius 2 is 2.07 bits per heavy atom. The molecule has 3 heterocycles. The fourth-order valence-corrected chi connectivity index (χ4v) is 4.68. The quantitative estimate of drug-likeness (QED) is 0.343. The Kier molecular flexibility index (Phi) is 9.17. The van der Waals surface area contributed by atoms with Gasteiger partial charge in [0.1, 0.15) is 5.82 Å². The van der Waals surface area contributed by atoms with Crippen molar-refractivity contribution in [3.05, 3.63) is 40.1 Å². The Bertz CT molecular complexity index is 780. The fourth-order valence-electron chi connectivity index (χ4n) is 3.68. The third-order valence-corrected chi connectivity index (χ3v) is 6.49. The molecule has 3 rings (SSSR count). The molecule has 1 aliphatic rings. The van der Waals surface area contributed by atoms with Gasteiger partial charge in [0.25, 0.3) is 0 Å². The van der Waals surface area contributed by atoms with Crippen molar-refractivity contribution >= 4 is 17.3 Å². The molecule has 2 aromatic heterocycles. The minimum Gasteiger partial charge on any atom is -0.379 e. The van der Waals surface area contributed by atoms with Crippen molar-refractivity contribution in [3.63, 3.8) is 0 Å². The lowest BCUT2D eigenvalue weighted by molar-refractivity contribution is 0.0186. The first-order chi connectivity index (χ1) is 14.7. The van der Waals surface area contributed by atoms with Crippen molar-refractivity contribution < 1.29 is 4.74 Å². The van der Waals surface area contributed by atoms with Crippen LogP contribution in [-0.2, 0) is 11.3 Å². The number of rotatable bonds is 10. The maximum absolute atomic E-state index is 5.56. The van der Waals surface area contributed by atoms with Crippen molar-refractivity contribution in [2.75, 3.05) is 45.9 Å². The topological polar surface area (TPSA) is 66.7 Å². The van der Waals surface area contributed by atoms with Crippen LogP contribution in [0.4, 0.5) is 0 Å². The second-order valence-corrected chi connectivity index (χ2v) is 8.95. The third kappa shape index (κ3) is 6.82. The number of unbranched alkanes of at least 4 members (excludes halogenated alkanes) is 1. The fraction of sp³-hybridized carbons (Fsp3) is 0.636. The van der Waals surface area contributed by atoms with Crippen LogP contribution in [0.15, 0.2) is 29.5 Å². The maximum atomic E-state index is 5.56. The van der Waals surface area contributed by atoms with E-state index >= 15 is 0 Å². The summed E-state index contributed by atoms with van der Waals surface area (Å²) in [6.07, 6.45) is 6.13. The molecule has 166 valence electrons. The largest absolute Gasteiger partial charge is 0.379 e. The molecule has 7 nitrogen and oxygen atoms in total. The zero-order valence-electron chi connectivity index (χ0n) is 18.6. The summed E-state index contributed by atoms with van der Waals surface area (Å²) in [7, 11) is 0. The number of aliphatic imine (C=N–C) groups is 1. The molecule has 30 heavy (non-hydrogen) atoms. The number of imidazole rings is 1. The highest BCUT2D eigenvalue weighted by Gasteiger charge is 2.23. The molecule has 0 aromatic carbocycles. The summed E-state index contributed by atoms with van der Waals surface area (Å²) in [4.78, 5) is 14.5. The average molecular weight is 433 g/mol. The molecule has 1 atom stereocenters. The maximum Gasteiger partial charge on any atom is 0.191 e. The molecule has 0 bridgehead atoms. The summed E-state index contributed by atoms with van der Waals surface area (Å²) in [6, 6.07) is 4.78. The zero-order chi connectivity index (χ0) is 21.2. The van der Waals surface area contributed by atoms with Crippen molar-refractivity contribution in [2.24, 2.45) is 4.99 Å². The standard InChI is InChI=1S/C22H36N6OS/c1-4-23-22(25-9-5-6-11-27-12-10-24-19(27)3)26-17-20(21-8-7-18(2)30-21)28-13-15-29-16-14-28/h7-8,10,12,20H,4-6,9,11,13-17H2,1-3H3,(H2,23,25,26). The summed E-state index contributed by atoms with van der Waals surface area (Å²) >= 11 is 1.88. The van der Waals surface area contributed by atoms with Gasteiger partial charge < -0.3 is 19.9 Å². The van der Waals surface area contributed by atoms with E-state index < -0.39 is 0 Å². The highest BCUT2D eigenvalue weighted by Crippen LogP contribution is 2.28. The van der Waals surface area contributed by atoms with Crippen molar-refractivity contribution in [2.45, 2.75) is 46.2 Å². The van der Waals surface area contributed by atoms with Gasteiger partial charge in [-0.1, -0.05) is 0 Å². The summed E-state index contributed by atoms with van der Waals surface area (Å²) < 4.78 is 7.76. The lowest BCUT2D eigenvalue weighted by atomic mass is 10.2. The monoisotopic (exact) mass is 432 g/mol. The number of nitrogens with zero attached hydrogens (tertiary/aromatic N) is 4. The predicted octanol–water partition coefficient (Wildman–Crippen LogP) is 2.97. The molecule has 0 radical (unpaired) electrons. The first-order valence-corrected chi connectivity index (χ1v) is 11.9. The van der Waals surface area contributed by atoms with E-state index in [-0.39, 0.29) is 0 Å². The van der Waals surface area contributed by atoms with E-state index in [1.807, 2.05) is 30.7 Å². The van der Waals surface area contributed by atoms with E-state index in [4.69, 9.17) is 9.73 Å². The zero-order valence-corrected chi connectivity index (χ0v) is 19.4. The second-order valence-electron chi connectivity index (χ2n) is 7.63. The van der Waals surface area contributed by atoms with Gasteiger partial charge in [0, 0.05) is 54.9 Å². The van der Waals surface area contributed by atoms with E-state index in [0.717, 1.165) is 77.1 Å². The van der Waals surface area contributed by atoms with Crippen LogP contribution < -0.4 is 10.6 Å². The Morgan fingerprint density at radius 1 is 1.23 bits per heavy atom. The summed E-state index contributed by atoms with van der Waals surface area (Å²) in [6.45, 7) is 13.4. The van der Waals surface area contributed by atoms with Crippen LogP contribution >= 0.6 is 11.3 Å². The van der Waals surface area contributed by atoms with E-state index in [1.54, 1.807) is 0 Å². The third-order valence-electron chi connectivity index (χ3n) is 5.38. The van der Waals surface area contributed by atoms with E-state index in [0.29, 0.717) is 6.04 Å². The van der Waals surface area contributed by atoms with Gasteiger partial charge in [0.05, 0.1) is 25.8 Å². The number of hydrogen-bond acceptors (Lipinski definition) is 5. The SMILES string of the molecule is CCNC(=NCC(c1ccc(C)s1)N1CCOCC1)NCCCCn1ccnc1C. The number of ether oxygens (including phenoxy) is 1. The van der Waals surface area contributed by atoms with Gasteiger partial charge in [-0.3, -0.25) is 9.89 Å². The van der Waals surface area contributed by atoms with Crippen LogP contribution in [0.5, 0.6) is 0 Å². The van der Waals surface area contributed by atoms with Crippen LogP contribution in [0, 0.1) is 13.8 Å². The van der Waals surface area contributed by atoms with Crippen molar-refractivity contribution in [3.8, 4) is 0 Å². The van der Waals surface area contributed by atoms with Crippen LogP contribution in [0.1, 0.15) is 41.4 Å². The molecular formula is C22H36N6OS. The Balaban J connectivity index is 1.53. The average Bonchev–Trinajstić information content (AvgIpc) is 3.36. The molecule has 8 heteroatoms. The number of nitrogens with one attached hydrogen (secondary N) is 2. The predicted molar refractivity (Wildman–Crippen MR) is 124 cm³/mol. The van der Waals surface area contributed by atoms with Gasteiger partial charge in [-0.15, -0.1) is 11.3 Å². The van der Waals surface area contributed by atoms with Gasteiger partial charge in [0.15, 0.2) is 5.96 Å². The highest BCUT2D eigenvalue weighted by atomic mass is 32.1. The molecule has 0 aliphatic carbocycles. The van der Waals surface area contributed by atoms with Crippen LogP contribution in [-0.4, -0.2) is 66.3 Å². The lowest BCUT2D eigenvalue weighted by Gasteiger charge is -2.33. The molecule has 1 aliphatic heterocycles. The van der Waals surface area contributed by atoms with Gasteiger partial charge in [-0.05, 0) is 45.7 Å². The molecule has 2 aromatic rings. The Morgan fingerprint density at radius 3 is 2.73 bits per heavy atom. The van der Waals surface area contributed by atoms with E-state index in [2.05, 4.69) is 51.1 Å². The molecular weight excluding hydrogens is 396 g/mol. The molecule has 0 spiro atoms. The number of morpholine rings is 1. The molecule has 1 unspecified atom stereocenters. The molecule has 1 fully saturated rings. The number of guanidine groups is 1.